The summed E-state index contributed by atoms with van der Waals surface area (Å²) in [6.45, 7) is 32.6. The number of hydrogen-bond donors (Lipinski definition) is 0. The Hall–Kier alpha value is -3.16. The fourth-order valence-electron chi connectivity index (χ4n) is 5.05. The first kappa shape index (κ1) is 47.0. The minimum atomic E-state index is -0.180. The summed E-state index contributed by atoms with van der Waals surface area (Å²) in [6, 6.07) is 35.7. The Morgan fingerprint density at radius 2 is 0.583 bits per heavy atom. The highest BCUT2D eigenvalue weighted by molar-refractivity contribution is 5.94. The molecule has 48 heavy (non-hydrogen) atoms. The first-order chi connectivity index (χ1) is 23.2. The Balaban J connectivity index is 0. The second-order valence-electron chi connectivity index (χ2n) is 11.9. The van der Waals surface area contributed by atoms with Crippen molar-refractivity contribution in [3.8, 4) is 22.3 Å². The second-order valence-corrected chi connectivity index (χ2v) is 11.9. The first-order valence-corrected chi connectivity index (χ1v) is 19.3. The van der Waals surface area contributed by atoms with E-state index in [1.165, 1.54) is 57.3 Å². The molecule has 4 aromatic rings. The smallest absolute Gasteiger partial charge is 0.0725 e. The molecule has 0 aliphatic heterocycles. The van der Waals surface area contributed by atoms with Gasteiger partial charge in [-0.2, -0.15) is 0 Å². The van der Waals surface area contributed by atoms with Crippen LogP contribution in [-0.4, -0.2) is 25.5 Å². The SMILES string of the molecule is CC.CC.CC.CC.CCC(C)C.CCC(C)C.CCN(C)C.c1ccc2c(c1)-c1ccccc1C21c2ccccc2-c2ccccc21. The van der Waals surface area contributed by atoms with E-state index in [-0.39, 0.29) is 5.41 Å². The fourth-order valence-corrected chi connectivity index (χ4v) is 5.05. The molecule has 0 fully saturated rings. The summed E-state index contributed by atoms with van der Waals surface area (Å²) in [5, 5.41) is 0. The van der Waals surface area contributed by atoms with E-state index in [2.05, 4.69) is 165 Å². The van der Waals surface area contributed by atoms with Gasteiger partial charge in [0.05, 0.1) is 5.41 Å². The van der Waals surface area contributed by atoms with Gasteiger partial charge in [0.15, 0.2) is 0 Å². The van der Waals surface area contributed by atoms with Crippen LogP contribution in [0.4, 0.5) is 0 Å². The third-order valence-electron chi connectivity index (χ3n) is 8.17. The molecule has 6 rings (SSSR count). The molecule has 1 heteroatoms. The molecule has 0 heterocycles. The third-order valence-corrected chi connectivity index (χ3v) is 8.17. The Kier molecular flexibility index (Phi) is 26.2. The average Bonchev–Trinajstić information content (AvgIpc) is 3.63. The largest absolute Gasteiger partial charge is 0.310 e. The molecule has 0 radical (unpaired) electrons. The van der Waals surface area contributed by atoms with Crippen molar-refractivity contribution in [2.75, 3.05) is 20.6 Å². The first-order valence-electron chi connectivity index (χ1n) is 19.3. The molecule has 0 aromatic heterocycles. The zero-order chi connectivity index (χ0) is 37.3. The molecule has 0 saturated carbocycles. The maximum absolute atomic E-state index is 2.31. The summed E-state index contributed by atoms with van der Waals surface area (Å²) < 4.78 is 0. The van der Waals surface area contributed by atoms with Gasteiger partial charge in [-0.25, -0.2) is 0 Å². The van der Waals surface area contributed by atoms with Crippen molar-refractivity contribution in [2.24, 2.45) is 11.8 Å². The van der Waals surface area contributed by atoms with E-state index in [1.54, 1.807) is 0 Å². The highest BCUT2D eigenvalue weighted by atomic mass is 15.0. The number of nitrogens with zero attached hydrogens (tertiary/aromatic N) is 1. The molecule has 4 aromatic carbocycles. The number of fused-ring (bicyclic) bond motifs is 10. The van der Waals surface area contributed by atoms with Crippen LogP contribution >= 0.6 is 0 Å². The van der Waals surface area contributed by atoms with E-state index in [0.717, 1.165) is 18.4 Å². The van der Waals surface area contributed by atoms with Crippen LogP contribution in [0.2, 0.25) is 0 Å². The molecule has 0 bridgehead atoms. The summed E-state index contributed by atoms with van der Waals surface area (Å²) in [7, 11) is 4.11. The van der Waals surface area contributed by atoms with Gasteiger partial charge in [-0.05, 0) is 77.0 Å². The van der Waals surface area contributed by atoms with Crippen LogP contribution < -0.4 is 0 Å². The average molecular weight is 654 g/mol. The van der Waals surface area contributed by atoms with Crippen molar-refractivity contribution >= 4 is 0 Å². The van der Waals surface area contributed by atoms with Crippen molar-refractivity contribution < 1.29 is 0 Å². The lowest BCUT2D eigenvalue weighted by Gasteiger charge is -2.30. The third kappa shape index (κ3) is 12.1. The van der Waals surface area contributed by atoms with Crippen LogP contribution in [0.15, 0.2) is 97.1 Å². The highest BCUT2D eigenvalue weighted by Gasteiger charge is 2.51. The normalized spacial score (nSPS) is 11.2. The van der Waals surface area contributed by atoms with Crippen molar-refractivity contribution in [1.82, 2.24) is 4.90 Å². The minimum Gasteiger partial charge on any atom is -0.310 e. The maximum Gasteiger partial charge on any atom is 0.0725 e. The van der Waals surface area contributed by atoms with E-state index >= 15 is 0 Å². The van der Waals surface area contributed by atoms with Crippen molar-refractivity contribution in [3.63, 3.8) is 0 Å². The Labute approximate surface area is 300 Å². The van der Waals surface area contributed by atoms with Crippen LogP contribution in [0.3, 0.4) is 0 Å². The minimum absolute atomic E-state index is 0.180. The van der Waals surface area contributed by atoms with Gasteiger partial charge in [0, 0.05) is 0 Å². The lowest BCUT2D eigenvalue weighted by molar-refractivity contribution is 0.434. The molecule has 0 unspecified atom stereocenters. The molecular formula is C47H75N. The predicted octanol–water partition coefficient (Wildman–Crippen LogP) is 14.8. The van der Waals surface area contributed by atoms with Gasteiger partial charge in [-0.1, -0.05) is 214 Å². The standard InChI is InChI=1S/C25H16.2C5H12.C4H11N.4C2H6/c1-5-13-21-17(9-1)18-10-2-6-14-22(18)25(21)23-15-7-3-11-19(23)20-12-4-8-16-24(20)25;3*1-4-5(2)3;4*1-2/h1-16H;2*5H,4H2,1-3H3;4H2,1-3H3;4*1-2H3. The van der Waals surface area contributed by atoms with Gasteiger partial charge in [-0.3, -0.25) is 0 Å². The van der Waals surface area contributed by atoms with E-state index in [0.29, 0.717) is 0 Å². The lowest BCUT2D eigenvalue weighted by Crippen LogP contribution is -2.25. The van der Waals surface area contributed by atoms with Crippen molar-refractivity contribution in [2.45, 2.75) is 122 Å². The van der Waals surface area contributed by atoms with Crippen LogP contribution in [0.5, 0.6) is 0 Å². The summed E-state index contributed by atoms with van der Waals surface area (Å²) in [6.07, 6.45) is 2.61. The monoisotopic (exact) mass is 654 g/mol. The highest BCUT2D eigenvalue weighted by Crippen LogP contribution is 2.62. The number of hydrogen-bond acceptors (Lipinski definition) is 1. The van der Waals surface area contributed by atoms with Crippen molar-refractivity contribution in [3.05, 3.63) is 119 Å². The summed E-state index contributed by atoms with van der Waals surface area (Å²) in [5.41, 5.74) is 10.9. The second kappa shape index (κ2) is 26.8. The van der Waals surface area contributed by atoms with E-state index in [4.69, 9.17) is 0 Å². The molecule has 0 amide bonds. The van der Waals surface area contributed by atoms with Crippen molar-refractivity contribution in [1.29, 1.82) is 0 Å². The molecule has 0 atom stereocenters. The van der Waals surface area contributed by atoms with E-state index < -0.39 is 0 Å². The molecule has 0 saturated heterocycles. The number of rotatable bonds is 3. The zero-order valence-corrected chi connectivity index (χ0v) is 34.5. The zero-order valence-electron chi connectivity index (χ0n) is 34.5. The Morgan fingerprint density at radius 3 is 0.729 bits per heavy atom. The van der Waals surface area contributed by atoms with Crippen LogP contribution in [0.1, 0.15) is 139 Å². The van der Waals surface area contributed by atoms with Gasteiger partial charge in [0.1, 0.15) is 0 Å². The summed E-state index contributed by atoms with van der Waals surface area (Å²) >= 11 is 0. The van der Waals surface area contributed by atoms with E-state index in [9.17, 15) is 0 Å². The summed E-state index contributed by atoms with van der Waals surface area (Å²) in [5.74, 6) is 1.77. The lowest BCUT2D eigenvalue weighted by atomic mass is 9.70. The Bertz CT molecular complexity index is 1140. The number of benzene rings is 4. The van der Waals surface area contributed by atoms with Crippen LogP contribution in [-0.2, 0) is 5.41 Å². The molecule has 2 aliphatic carbocycles. The van der Waals surface area contributed by atoms with Gasteiger partial charge in [0.25, 0.3) is 0 Å². The molecule has 268 valence electrons. The van der Waals surface area contributed by atoms with Crippen LogP contribution in [0.25, 0.3) is 22.3 Å². The van der Waals surface area contributed by atoms with Gasteiger partial charge in [0.2, 0.25) is 0 Å². The van der Waals surface area contributed by atoms with E-state index in [1.807, 2.05) is 55.4 Å². The topological polar surface area (TPSA) is 3.24 Å². The fraction of sp³-hybridized carbons (Fsp3) is 0.489. The summed E-state index contributed by atoms with van der Waals surface area (Å²) in [4.78, 5) is 2.12. The molecule has 2 aliphatic rings. The van der Waals surface area contributed by atoms with Gasteiger partial charge < -0.3 is 4.90 Å². The molecular weight excluding hydrogens is 579 g/mol. The molecule has 0 N–H and O–H groups in total. The van der Waals surface area contributed by atoms with Gasteiger partial charge in [-0.15, -0.1) is 0 Å². The quantitative estimate of drug-likeness (QED) is 0.184. The molecule has 1 spiro atoms. The predicted molar refractivity (Wildman–Crippen MR) is 223 cm³/mol. The maximum atomic E-state index is 2.31. The molecule has 1 nitrogen and oxygen atoms in total. The Morgan fingerprint density at radius 1 is 0.417 bits per heavy atom. The van der Waals surface area contributed by atoms with Gasteiger partial charge >= 0.3 is 0 Å². The van der Waals surface area contributed by atoms with Crippen LogP contribution in [0, 0.1) is 11.8 Å².